The Kier molecular flexibility index (Phi) is 2.95. The molecule has 0 heterocycles. The van der Waals surface area contributed by atoms with Gasteiger partial charge >= 0.3 is 0 Å². The summed E-state index contributed by atoms with van der Waals surface area (Å²) in [5.41, 5.74) is 4.77. The van der Waals surface area contributed by atoms with Crippen LogP contribution in [-0.2, 0) is 6.42 Å². The molecule has 0 saturated carbocycles. The van der Waals surface area contributed by atoms with Gasteiger partial charge < -0.3 is 5.11 Å². The molecule has 1 heteroatoms. The Labute approximate surface area is 96.4 Å². The Morgan fingerprint density at radius 2 is 1.56 bits per heavy atom. The molecular weight excluding hydrogens is 196 g/mol. The molecule has 0 aliphatic carbocycles. The minimum Gasteiger partial charge on any atom is -0.508 e. The van der Waals surface area contributed by atoms with E-state index in [-0.39, 0.29) is 0 Å². The molecule has 82 valence electrons. The van der Waals surface area contributed by atoms with Crippen molar-refractivity contribution >= 4 is 0 Å². The summed E-state index contributed by atoms with van der Waals surface area (Å²) in [6.07, 6.45) is 0.787. The molecule has 0 atom stereocenters. The van der Waals surface area contributed by atoms with E-state index in [9.17, 15) is 5.11 Å². The number of benzene rings is 2. The monoisotopic (exact) mass is 212 g/mol. The molecule has 0 amide bonds. The topological polar surface area (TPSA) is 20.2 Å². The lowest BCUT2D eigenvalue weighted by atomic mass is 10.0. The van der Waals surface area contributed by atoms with Crippen molar-refractivity contribution in [2.24, 2.45) is 0 Å². The Bertz CT molecular complexity index is 480. The van der Waals surface area contributed by atoms with Crippen LogP contribution in [0.3, 0.4) is 0 Å². The van der Waals surface area contributed by atoms with Gasteiger partial charge in [0, 0.05) is 6.42 Å². The highest BCUT2D eigenvalue weighted by molar-refractivity contribution is 5.38. The average Bonchev–Trinajstić information content (AvgIpc) is 2.20. The first kappa shape index (κ1) is 10.7. The molecule has 2 aromatic carbocycles. The van der Waals surface area contributed by atoms with E-state index in [2.05, 4.69) is 32.0 Å². The van der Waals surface area contributed by atoms with Crippen LogP contribution in [-0.4, -0.2) is 5.11 Å². The lowest BCUT2D eigenvalue weighted by Crippen LogP contribution is -1.90. The highest BCUT2D eigenvalue weighted by Gasteiger charge is 2.02. The smallest absolute Gasteiger partial charge is 0.119 e. The minimum absolute atomic E-state index is 0.377. The summed E-state index contributed by atoms with van der Waals surface area (Å²) in [5, 5.41) is 9.71. The van der Waals surface area contributed by atoms with Gasteiger partial charge in [-0.25, -0.2) is 0 Å². The lowest BCUT2D eigenvalue weighted by Gasteiger charge is -2.06. The van der Waals surface area contributed by atoms with E-state index in [1.165, 1.54) is 16.7 Å². The van der Waals surface area contributed by atoms with Crippen molar-refractivity contribution in [1.29, 1.82) is 0 Å². The maximum Gasteiger partial charge on any atom is 0.119 e. The normalized spacial score (nSPS) is 10.4. The molecule has 0 aliphatic rings. The van der Waals surface area contributed by atoms with E-state index in [1.807, 2.05) is 18.2 Å². The molecule has 2 rings (SSSR count). The number of hydrogen-bond acceptors (Lipinski definition) is 1. The molecule has 16 heavy (non-hydrogen) atoms. The zero-order valence-corrected chi connectivity index (χ0v) is 9.70. The summed E-state index contributed by atoms with van der Waals surface area (Å²) < 4.78 is 0. The fourth-order valence-corrected chi connectivity index (χ4v) is 2.05. The zero-order chi connectivity index (χ0) is 11.5. The number of hydrogen-bond donors (Lipinski definition) is 1. The van der Waals surface area contributed by atoms with Crippen LogP contribution < -0.4 is 0 Å². The van der Waals surface area contributed by atoms with Crippen molar-refractivity contribution < 1.29 is 5.11 Å². The maximum absolute atomic E-state index is 9.71. The second kappa shape index (κ2) is 4.40. The number of aryl methyl sites for hydroxylation is 2. The highest BCUT2D eigenvalue weighted by Crippen LogP contribution is 2.20. The van der Waals surface area contributed by atoms with Crippen molar-refractivity contribution in [2.45, 2.75) is 20.3 Å². The van der Waals surface area contributed by atoms with E-state index in [4.69, 9.17) is 0 Å². The fourth-order valence-electron chi connectivity index (χ4n) is 2.05. The van der Waals surface area contributed by atoms with Crippen molar-refractivity contribution in [3.05, 3.63) is 64.7 Å². The number of aromatic hydroxyl groups is 1. The number of para-hydroxylation sites is 1. The second-order valence-electron chi connectivity index (χ2n) is 4.30. The molecule has 2 aromatic rings. The van der Waals surface area contributed by atoms with Crippen molar-refractivity contribution in [3.63, 3.8) is 0 Å². The molecule has 1 nitrogen and oxygen atoms in total. The van der Waals surface area contributed by atoms with Crippen molar-refractivity contribution in [1.82, 2.24) is 0 Å². The Hall–Kier alpha value is -1.76. The highest BCUT2D eigenvalue weighted by atomic mass is 16.3. The average molecular weight is 212 g/mol. The van der Waals surface area contributed by atoms with E-state index in [0.717, 1.165) is 12.0 Å². The quantitative estimate of drug-likeness (QED) is 0.806. The Morgan fingerprint density at radius 1 is 0.938 bits per heavy atom. The molecule has 0 bridgehead atoms. The third-order valence-electron chi connectivity index (χ3n) is 2.67. The van der Waals surface area contributed by atoms with Gasteiger partial charge in [0.2, 0.25) is 0 Å². The van der Waals surface area contributed by atoms with Gasteiger partial charge in [0.25, 0.3) is 0 Å². The first-order valence-corrected chi connectivity index (χ1v) is 5.49. The molecule has 1 N–H and O–H groups in total. The second-order valence-corrected chi connectivity index (χ2v) is 4.30. The zero-order valence-electron chi connectivity index (χ0n) is 9.70. The van der Waals surface area contributed by atoms with Gasteiger partial charge in [-0.3, -0.25) is 0 Å². The Balaban J connectivity index is 2.30. The van der Waals surface area contributed by atoms with Crippen molar-refractivity contribution in [3.8, 4) is 5.75 Å². The van der Waals surface area contributed by atoms with Gasteiger partial charge in [-0.15, -0.1) is 0 Å². The van der Waals surface area contributed by atoms with Crippen LogP contribution >= 0.6 is 0 Å². The first-order chi connectivity index (χ1) is 7.65. The molecule has 0 fully saturated rings. The third kappa shape index (κ3) is 2.43. The van der Waals surface area contributed by atoms with Crippen LogP contribution in [0.25, 0.3) is 0 Å². The van der Waals surface area contributed by atoms with E-state index >= 15 is 0 Å². The summed E-state index contributed by atoms with van der Waals surface area (Å²) >= 11 is 0. The van der Waals surface area contributed by atoms with Crippen LogP contribution in [0, 0.1) is 13.8 Å². The predicted octanol–water partition coefficient (Wildman–Crippen LogP) is 3.60. The molecule has 0 radical (unpaired) electrons. The first-order valence-electron chi connectivity index (χ1n) is 5.49. The summed E-state index contributed by atoms with van der Waals surface area (Å²) in [7, 11) is 0. The number of phenolic OH excluding ortho intramolecular Hbond substituents is 1. The Morgan fingerprint density at radius 3 is 2.19 bits per heavy atom. The van der Waals surface area contributed by atoms with E-state index < -0.39 is 0 Å². The molecule has 0 unspecified atom stereocenters. The van der Waals surface area contributed by atoms with Gasteiger partial charge in [-0.2, -0.15) is 0 Å². The molecule has 0 saturated heterocycles. The molecule has 0 spiro atoms. The maximum atomic E-state index is 9.71. The predicted molar refractivity (Wildman–Crippen MR) is 66.8 cm³/mol. The fraction of sp³-hybridized carbons (Fsp3) is 0.200. The summed E-state index contributed by atoms with van der Waals surface area (Å²) in [4.78, 5) is 0. The van der Waals surface area contributed by atoms with Crippen molar-refractivity contribution in [2.75, 3.05) is 0 Å². The lowest BCUT2D eigenvalue weighted by molar-refractivity contribution is 0.469. The standard InChI is InChI=1S/C15H16O/c1-11-7-12(2)9-13(8-11)10-14-5-3-4-6-15(14)16/h3-9,16H,10H2,1-2H3. The van der Waals surface area contributed by atoms with Gasteiger partial charge in [-0.1, -0.05) is 47.5 Å². The number of rotatable bonds is 2. The van der Waals surface area contributed by atoms with Gasteiger partial charge in [0.1, 0.15) is 5.75 Å². The molecule has 0 aromatic heterocycles. The van der Waals surface area contributed by atoms with Crippen LogP contribution in [0.15, 0.2) is 42.5 Å². The molecule has 0 aliphatic heterocycles. The summed E-state index contributed by atoms with van der Waals surface area (Å²) in [6, 6.07) is 14.0. The van der Waals surface area contributed by atoms with Crippen LogP contribution in [0.5, 0.6) is 5.75 Å². The third-order valence-corrected chi connectivity index (χ3v) is 2.67. The van der Waals surface area contributed by atoms with Gasteiger partial charge in [0.05, 0.1) is 0 Å². The van der Waals surface area contributed by atoms with Crippen LogP contribution in [0.2, 0.25) is 0 Å². The number of phenols is 1. The SMILES string of the molecule is Cc1cc(C)cc(Cc2ccccc2O)c1. The summed E-state index contributed by atoms with van der Waals surface area (Å²) in [6.45, 7) is 4.20. The summed E-state index contributed by atoms with van der Waals surface area (Å²) in [5.74, 6) is 0.377. The van der Waals surface area contributed by atoms with Gasteiger partial charge in [0.15, 0.2) is 0 Å². The van der Waals surface area contributed by atoms with Gasteiger partial charge in [-0.05, 0) is 31.0 Å². The van der Waals surface area contributed by atoms with E-state index in [0.29, 0.717) is 5.75 Å². The van der Waals surface area contributed by atoms with Crippen LogP contribution in [0.4, 0.5) is 0 Å². The van der Waals surface area contributed by atoms with Crippen LogP contribution in [0.1, 0.15) is 22.3 Å². The minimum atomic E-state index is 0.377. The molecular formula is C15H16O. The van der Waals surface area contributed by atoms with E-state index in [1.54, 1.807) is 6.07 Å². The largest absolute Gasteiger partial charge is 0.508 e.